The summed E-state index contributed by atoms with van der Waals surface area (Å²) in [6.45, 7) is 7.05. The van der Waals surface area contributed by atoms with Crippen LogP contribution in [0.5, 0.6) is 0 Å². The molecule has 0 unspecified atom stereocenters. The van der Waals surface area contributed by atoms with E-state index >= 15 is 0 Å². The first-order valence-corrected chi connectivity index (χ1v) is 10.8. The van der Waals surface area contributed by atoms with E-state index in [1.807, 2.05) is 39.0 Å². The molecular formula is C21H26N2O5S. The highest BCUT2D eigenvalue weighted by molar-refractivity contribution is 7.89. The maximum Gasteiger partial charge on any atom is 0.338 e. The average molecular weight is 419 g/mol. The van der Waals surface area contributed by atoms with Crippen LogP contribution in [-0.2, 0) is 19.6 Å². The molecule has 2 aromatic carbocycles. The summed E-state index contributed by atoms with van der Waals surface area (Å²) < 4.78 is 32.0. The minimum atomic E-state index is -3.65. The second-order valence-corrected chi connectivity index (χ2v) is 8.67. The van der Waals surface area contributed by atoms with E-state index < -0.39 is 28.5 Å². The van der Waals surface area contributed by atoms with Gasteiger partial charge in [0.05, 0.1) is 10.5 Å². The van der Waals surface area contributed by atoms with Crippen LogP contribution in [0, 0.1) is 13.8 Å². The number of amides is 1. The van der Waals surface area contributed by atoms with E-state index in [1.165, 1.54) is 24.3 Å². The number of benzene rings is 2. The zero-order valence-corrected chi connectivity index (χ0v) is 17.8. The summed E-state index contributed by atoms with van der Waals surface area (Å²) in [5, 5.41) is 2.68. The fourth-order valence-corrected chi connectivity index (χ4v) is 3.97. The van der Waals surface area contributed by atoms with Crippen LogP contribution in [0.4, 0.5) is 5.69 Å². The third kappa shape index (κ3) is 6.69. The molecule has 8 heteroatoms. The van der Waals surface area contributed by atoms with Gasteiger partial charge in [0, 0.05) is 11.7 Å². The topological polar surface area (TPSA) is 102 Å². The zero-order valence-electron chi connectivity index (χ0n) is 17.0. The van der Waals surface area contributed by atoms with Crippen LogP contribution in [0.1, 0.15) is 41.8 Å². The van der Waals surface area contributed by atoms with Crippen LogP contribution in [0.25, 0.3) is 0 Å². The summed E-state index contributed by atoms with van der Waals surface area (Å²) >= 11 is 0. The molecule has 29 heavy (non-hydrogen) atoms. The highest BCUT2D eigenvalue weighted by atomic mass is 32.2. The molecular weight excluding hydrogens is 392 g/mol. The number of carbonyl (C=O) groups excluding carboxylic acids is 2. The fraction of sp³-hybridized carbons (Fsp3) is 0.333. The largest absolute Gasteiger partial charge is 0.452 e. The molecule has 0 heterocycles. The Morgan fingerprint density at radius 2 is 1.62 bits per heavy atom. The van der Waals surface area contributed by atoms with Gasteiger partial charge in [-0.2, -0.15) is 0 Å². The van der Waals surface area contributed by atoms with Crippen molar-refractivity contribution in [2.45, 2.75) is 45.1 Å². The average Bonchev–Trinajstić information content (AvgIpc) is 2.65. The van der Waals surface area contributed by atoms with Crippen molar-refractivity contribution in [1.82, 2.24) is 4.72 Å². The van der Waals surface area contributed by atoms with Crippen LogP contribution >= 0.6 is 0 Å². The van der Waals surface area contributed by atoms with Crippen molar-refractivity contribution < 1.29 is 22.7 Å². The molecule has 0 saturated heterocycles. The van der Waals surface area contributed by atoms with E-state index in [-0.39, 0.29) is 16.5 Å². The second-order valence-electron chi connectivity index (χ2n) is 6.96. The molecule has 2 N–H and O–H groups in total. The van der Waals surface area contributed by atoms with Crippen LogP contribution in [0.15, 0.2) is 47.4 Å². The third-order valence-corrected chi connectivity index (χ3v) is 5.81. The first kappa shape index (κ1) is 22.6. The normalized spacial score (nSPS) is 12.3. The Kier molecular flexibility index (Phi) is 7.53. The number of rotatable bonds is 8. The molecule has 0 radical (unpaired) electrons. The number of hydrogen-bond acceptors (Lipinski definition) is 5. The van der Waals surface area contributed by atoms with E-state index in [1.54, 1.807) is 6.92 Å². The predicted molar refractivity (Wildman–Crippen MR) is 111 cm³/mol. The molecule has 0 aliphatic rings. The fourth-order valence-electron chi connectivity index (χ4n) is 2.64. The Balaban J connectivity index is 1.94. The summed E-state index contributed by atoms with van der Waals surface area (Å²) in [5.74, 6) is -1.17. The molecule has 1 amide bonds. The standard InChI is InChI=1S/C21H26N2O5S/c1-5-16(4)23-29(26,27)19-8-6-17(7-9-19)21(25)28-13-20(24)22-18-11-14(2)10-15(3)12-18/h6-12,16,23H,5,13H2,1-4H3,(H,22,24)/t16-/m1/s1. The summed E-state index contributed by atoms with van der Waals surface area (Å²) in [6, 6.07) is 10.8. The zero-order chi connectivity index (χ0) is 21.6. The van der Waals surface area contributed by atoms with Crippen molar-refractivity contribution in [3.05, 3.63) is 59.2 Å². The second kappa shape index (κ2) is 9.67. The lowest BCUT2D eigenvalue weighted by Crippen LogP contribution is -2.32. The Labute approximate surface area is 171 Å². The molecule has 1 atom stereocenters. The maximum atomic E-state index is 12.2. The van der Waals surface area contributed by atoms with E-state index in [2.05, 4.69) is 10.0 Å². The van der Waals surface area contributed by atoms with Gasteiger partial charge in [-0.25, -0.2) is 17.9 Å². The van der Waals surface area contributed by atoms with E-state index in [0.717, 1.165) is 11.1 Å². The molecule has 2 rings (SSSR count). The predicted octanol–water partition coefficient (Wildman–Crippen LogP) is 3.18. The number of aryl methyl sites for hydroxylation is 2. The van der Waals surface area contributed by atoms with Crippen molar-refractivity contribution in [3.8, 4) is 0 Å². The lowest BCUT2D eigenvalue weighted by molar-refractivity contribution is -0.119. The summed E-state index contributed by atoms with van der Waals surface area (Å²) in [7, 11) is -3.65. The highest BCUT2D eigenvalue weighted by Gasteiger charge is 2.18. The smallest absolute Gasteiger partial charge is 0.338 e. The van der Waals surface area contributed by atoms with Gasteiger partial charge in [-0.05, 0) is 74.7 Å². The minimum absolute atomic E-state index is 0.0573. The molecule has 7 nitrogen and oxygen atoms in total. The number of esters is 1. The van der Waals surface area contributed by atoms with Crippen LogP contribution in [0.2, 0.25) is 0 Å². The quantitative estimate of drug-likeness (QED) is 0.641. The number of nitrogens with one attached hydrogen (secondary N) is 2. The molecule has 0 spiro atoms. The minimum Gasteiger partial charge on any atom is -0.452 e. The Morgan fingerprint density at radius 3 is 2.17 bits per heavy atom. The molecule has 2 aromatic rings. The van der Waals surface area contributed by atoms with Crippen molar-refractivity contribution in [3.63, 3.8) is 0 Å². The van der Waals surface area contributed by atoms with Gasteiger partial charge in [0.1, 0.15) is 0 Å². The van der Waals surface area contributed by atoms with Gasteiger partial charge in [0.25, 0.3) is 5.91 Å². The van der Waals surface area contributed by atoms with E-state index in [4.69, 9.17) is 4.74 Å². The van der Waals surface area contributed by atoms with Crippen LogP contribution in [0.3, 0.4) is 0 Å². The maximum absolute atomic E-state index is 12.2. The van der Waals surface area contributed by atoms with Crippen molar-refractivity contribution in [2.75, 3.05) is 11.9 Å². The lowest BCUT2D eigenvalue weighted by atomic mass is 10.1. The lowest BCUT2D eigenvalue weighted by Gasteiger charge is -2.12. The molecule has 0 bridgehead atoms. The molecule has 0 fully saturated rings. The van der Waals surface area contributed by atoms with Crippen LogP contribution < -0.4 is 10.0 Å². The first-order chi connectivity index (χ1) is 13.6. The summed E-state index contributed by atoms with van der Waals surface area (Å²) in [6.07, 6.45) is 0.661. The van der Waals surface area contributed by atoms with E-state index in [0.29, 0.717) is 12.1 Å². The Bertz CT molecular complexity index is 964. The molecule has 0 aromatic heterocycles. The molecule has 0 saturated carbocycles. The number of ether oxygens (including phenoxy) is 1. The van der Waals surface area contributed by atoms with Gasteiger partial charge in [0.15, 0.2) is 6.61 Å². The number of sulfonamides is 1. The third-order valence-electron chi connectivity index (χ3n) is 4.21. The molecule has 0 aliphatic heterocycles. The summed E-state index contributed by atoms with van der Waals surface area (Å²) in [4.78, 5) is 24.2. The van der Waals surface area contributed by atoms with E-state index in [9.17, 15) is 18.0 Å². The van der Waals surface area contributed by atoms with Gasteiger partial charge in [-0.15, -0.1) is 0 Å². The number of carbonyl (C=O) groups is 2. The van der Waals surface area contributed by atoms with Gasteiger partial charge >= 0.3 is 5.97 Å². The first-order valence-electron chi connectivity index (χ1n) is 9.28. The molecule has 0 aliphatic carbocycles. The molecule has 156 valence electrons. The monoisotopic (exact) mass is 418 g/mol. The number of hydrogen-bond donors (Lipinski definition) is 2. The van der Waals surface area contributed by atoms with Crippen LogP contribution in [-0.4, -0.2) is 32.9 Å². The van der Waals surface area contributed by atoms with Crippen molar-refractivity contribution >= 4 is 27.6 Å². The SMILES string of the molecule is CC[C@@H](C)NS(=O)(=O)c1ccc(C(=O)OCC(=O)Nc2cc(C)cc(C)c2)cc1. The van der Waals surface area contributed by atoms with Gasteiger partial charge < -0.3 is 10.1 Å². The Morgan fingerprint density at radius 1 is 1.03 bits per heavy atom. The van der Waals surface area contributed by atoms with Crippen molar-refractivity contribution in [2.24, 2.45) is 0 Å². The van der Waals surface area contributed by atoms with Crippen molar-refractivity contribution in [1.29, 1.82) is 0 Å². The Hall–Kier alpha value is -2.71. The summed E-state index contributed by atoms with van der Waals surface area (Å²) in [5.41, 5.74) is 2.81. The van der Waals surface area contributed by atoms with Gasteiger partial charge in [-0.3, -0.25) is 4.79 Å². The van der Waals surface area contributed by atoms with Gasteiger partial charge in [-0.1, -0.05) is 13.0 Å². The van der Waals surface area contributed by atoms with Gasteiger partial charge in [0.2, 0.25) is 10.0 Å². The highest BCUT2D eigenvalue weighted by Crippen LogP contribution is 2.14. The number of anilines is 1.